The fourth-order valence-electron chi connectivity index (χ4n) is 2.99. The fraction of sp³-hybridized carbons (Fsp3) is 0.200. The Morgan fingerprint density at radius 2 is 2.00 bits per heavy atom. The number of amidine groups is 1. The molecule has 0 saturated heterocycles. The molecule has 9 nitrogen and oxygen atoms in total. The minimum absolute atomic E-state index is 0.00838. The minimum atomic E-state index is -4.44. The molecule has 0 bridgehead atoms. The lowest BCUT2D eigenvalue weighted by Crippen LogP contribution is -2.33. The summed E-state index contributed by atoms with van der Waals surface area (Å²) in [6.45, 7) is 3.58. The lowest BCUT2D eigenvalue weighted by atomic mass is 10.1. The van der Waals surface area contributed by atoms with Gasteiger partial charge in [0.15, 0.2) is 5.03 Å². The van der Waals surface area contributed by atoms with Crippen LogP contribution in [0.5, 0.6) is 5.75 Å². The molecule has 1 aliphatic heterocycles. The highest BCUT2D eigenvalue weighted by Gasteiger charge is 2.40. The number of hydrogen-bond acceptors (Lipinski definition) is 8. The zero-order valence-electron chi connectivity index (χ0n) is 17.0. The Labute approximate surface area is 179 Å². The summed E-state index contributed by atoms with van der Waals surface area (Å²) in [4.78, 5) is 5.59. The van der Waals surface area contributed by atoms with Gasteiger partial charge < -0.3 is 25.9 Å². The van der Waals surface area contributed by atoms with E-state index in [1.807, 2.05) is 0 Å². The Kier molecular flexibility index (Phi) is 6.16. The van der Waals surface area contributed by atoms with E-state index in [4.69, 9.17) is 21.1 Å². The summed E-state index contributed by atoms with van der Waals surface area (Å²) in [5.41, 5.74) is 12.3. The van der Waals surface area contributed by atoms with Crippen molar-refractivity contribution in [2.24, 2.45) is 17.4 Å². The molecule has 0 unspecified atom stereocenters. The first kappa shape index (κ1) is 22.1. The number of nitrogens with one attached hydrogen (secondary N) is 2. The Morgan fingerprint density at radius 3 is 2.58 bits per heavy atom. The van der Waals surface area contributed by atoms with Crippen molar-refractivity contribution in [1.29, 1.82) is 5.41 Å². The standard InChI is InChI=1S/C20H23FN6O3S/c1-12(2)17-20(31(28,29)30-15-8-5-6-13(21)10-15)27(11-14-7-3-4-9-25-14)19(26-17)16(22)18(23)24/h3-10,12,26H,11,22H2,1-2H3,(H3,23,24). The average molecular weight is 447 g/mol. The normalized spacial score (nSPS) is 15.8. The average Bonchev–Trinajstić information content (AvgIpc) is 3.08. The predicted octanol–water partition coefficient (Wildman–Crippen LogP) is 1.92. The van der Waals surface area contributed by atoms with Gasteiger partial charge in [0, 0.05) is 12.3 Å². The van der Waals surface area contributed by atoms with Crippen LogP contribution in [-0.2, 0) is 16.7 Å². The van der Waals surface area contributed by atoms with E-state index >= 15 is 0 Å². The van der Waals surface area contributed by atoms with Gasteiger partial charge in [-0.2, -0.15) is 8.42 Å². The van der Waals surface area contributed by atoms with Crippen molar-refractivity contribution in [2.75, 3.05) is 0 Å². The maximum absolute atomic E-state index is 13.6. The van der Waals surface area contributed by atoms with Gasteiger partial charge in [-0.1, -0.05) is 26.0 Å². The van der Waals surface area contributed by atoms with Gasteiger partial charge in [-0.3, -0.25) is 10.4 Å². The van der Waals surface area contributed by atoms with Gasteiger partial charge in [-0.15, -0.1) is 0 Å². The maximum atomic E-state index is 13.6. The smallest absolute Gasteiger partial charge is 0.356 e. The van der Waals surface area contributed by atoms with Crippen LogP contribution in [0.25, 0.3) is 0 Å². The van der Waals surface area contributed by atoms with E-state index in [1.165, 1.54) is 23.1 Å². The van der Waals surface area contributed by atoms with E-state index in [-0.39, 0.29) is 34.8 Å². The Bertz CT molecular complexity index is 1160. The van der Waals surface area contributed by atoms with Gasteiger partial charge in [-0.05, 0) is 30.2 Å². The Balaban J connectivity index is 2.14. The van der Waals surface area contributed by atoms with Crippen molar-refractivity contribution in [2.45, 2.75) is 20.4 Å². The van der Waals surface area contributed by atoms with E-state index in [0.29, 0.717) is 11.4 Å². The predicted molar refractivity (Wildman–Crippen MR) is 114 cm³/mol. The third kappa shape index (κ3) is 4.77. The molecule has 0 atom stereocenters. The molecule has 31 heavy (non-hydrogen) atoms. The summed E-state index contributed by atoms with van der Waals surface area (Å²) in [6, 6.07) is 10.0. The molecule has 3 rings (SSSR count). The van der Waals surface area contributed by atoms with Crippen LogP contribution in [0.1, 0.15) is 19.5 Å². The van der Waals surface area contributed by atoms with Gasteiger partial charge in [0.2, 0.25) is 0 Å². The fourth-order valence-corrected chi connectivity index (χ4v) is 4.40. The molecule has 1 aromatic heterocycles. The summed E-state index contributed by atoms with van der Waals surface area (Å²) in [7, 11) is -4.44. The topological polar surface area (TPSA) is 147 Å². The molecule has 0 aliphatic carbocycles. The summed E-state index contributed by atoms with van der Waals surface area (Å²) >= 11 is 0. The number of hydrogen-bond donors (Lipinski definition) is 4. The molecule has 2 heterocycles. The van der Waals surface area contributed by atoms with E-state index in [2.05, 4.69) is 10.3 Å². The molecule has 2 aromatic rings. The third-order valence-electron chi connectivity index (χ3n) is 4.41. The third-order valence-corrected chi connectivity index (χ3v) is 5.73. The van der Waals surface area contributed by atoms with Crippen molar-refractivity contribution in [3.8, 4) is 5.75 Å². The second-order valence-corrected chi connectivity index (χ2v) is 8.54. The number of pyridine rings is 1. The number of nitrogens with two attached hydrogens (primary N) is 2. The summed E-state index contributed by atoms with van der Waals surface area (Å²) < 4.78 is 45.4. The monoisotopic (exact) mass is 446 g/mol. The molecule has 1 aromatic carbocycles. The summed E-state index contributed by atoms with van der Waals surface area (Å²) in [5.74, 6) is -1.40. The van der Waals surface area contributed by atoms with Crippen molar-refractivity contribution >= 4 is 16.0 Å². The lowest BCUT2D eigenvalue weighted by molar-refractivity contribution is 0.414. The summed E-state index contributed by atoms with van der Waals surface area (Å²) in [6.07, 6.45) is 1.57. The number of allylic oxidation sites excluding steroid dienone is 1. The zero-order chi connectivity index (χ0) is 22.8. The van der Waals surface area contributed by atoms with E-state index in [0.717, 1.165) is 6.07 Å². The van der Waals surface area contributed by atoms with Gasteiger partial charge in [-0.25, -0.2) is 4.39 Å². The van der Waals surface area contributed by atoms with Gasteiger partial charge in [0.05, 0.1) is 17.9 Å². The molecule has 11 heteroatoms. The van der Waals surface area contributed by atoms with Gasteiger partial charge in [0.25, 0.3) is 0 Å². The maximum Gasteiger partial charge on any atom is 0.356 e. The van der Waals surface area contributed by atoms with Crippen LogP contribution in [0.15, 0.2) is 70.9 Å². The molecule has 0 saturated carbocycles. The van der Waals surface area contributed by atoms with E-state index in [1.54, 1.807) is 38.2 Å². The molecule has 1 aliphatic rings. The lowest BCUT2D eigenvalue weighted by Gasteiger charge is -2.23. The van der Waals surface area contributed by atoms with Crippen molar-refractivity contribution in [1.82, 2.24) is 15.2 Å². The largest absolute Gasteiger partial charge is 0.393 e. The Morgan fingerprint density at radius 1 is 1.26 bits per heavy atom. The van der Waals surface area contributed by atoms with Crippen molar-refractivity contribution in [3.63, 3.8) is 0 Å². The van der Waals surface area contributed by atoms with Crippen molar-refractivity contribution < 1.29 is 17.0 Å². The number of aromatic nitrogens is 1. The van der Waals surface area contributed by atoms with Crippen LogP contribution < -0.4 is 21.0 Å². The Hall–Kier alpha value is -3.60. The minimum Gasteiger partial charge on any atom is -0.393 e. The quantitative estimate of drug-likeness (QED) is 0.286. The second kappa shape index (κ2) is 8.64. The van der Waals surface area contributed by atoms with E-state index < -0.39 is 21.8 Å². The highest BCUT2D eigenvalue weighted by atomic mass is 32.2. The molecule has 6 N–H and O–H groups in total. The van der Waals surface area contributed by atoms with Crippen LogP contribution in [0.2, 0.25) is 0 Å². The first-order valence-electron chi connectivity index (χ1n) is 9.33. The molecule has 0 spiro atoms. The highest BCUT2D eigenvalue weighted by Crippen LogP contribution is 2.34. The number of benzene rings is 1. The number of nitrogens with zero attached hydrogens (tertiary/aromatic N) is 2. The van der Waals surface area contributed by atoms with Crippen LogP contribution in [0.3, 0.4) is 0 Å². The first-order valence-corrected chi connectivity index (χ1v) is 10.7. The molecular formula is C20H23FN6O3S. The SMILES string of the molecule is CC(C)C1=C(S(=O)(=O)Oc2cccc(F)c2)N(Cc2ccccn2)C(=C(N)C(=N)N)N1. The number of halogens is 1. The van der Waals surface area contributed by atoms with Crippen molar-refractivity contribution in [3.05, 3.63) is 82.4 Å². The van der Waals surface area contributed by atoms with E-state index in [9.17, 15) is 12.8 Å². The zero-order valence-corrected chi connectivity index (χ0v) is 17.8. The molecular weight excluding hydrogens is 423 g/mol. The number of rotatable bonds is 7. The van der Waals surface area contributed by atoms with Gasteiger partial charge in [0.1, 0.15) is 28.9 Å². The molecule has 0 fully saturated rings. The second-order valence-electron chi connectivity index (χ2n) is 7.08. The molecule has 0 radical (unpaired) electrons. The van der Waals surface area contributed by atoms with Gasteiger partial charge >= 0.3 is 10.1 Å². The highest BCUT2D eigenvalue weighted by molar-refractivity contribution is 7.91. The van der Waals surface area contributed by atoms with Crippen LogP contribution in [0, 0.1) is 17.1 Å². The first-order chi connectivity index (χ1) is 14.6. The van der Waals surface area contributed by atoms with Crippen LogP contribution in [-0.4, -0.2) is 24.1 Å². The summed E-state index contributed by atoms with van der Waals surface area (Å²) in [5, 5.41) is 10.5. The molecule has 164 valence electrons. The van der Waals surface area contributed by atoms with Crippen LogP contribution >= 0.6 is 0 Å². The van der Waals surface area contributed by atoms with Crippen LogP contribution in [0.4, 0.5) is 4.39 Å². The molecule has 0 amide bonds.